The van der Waals surface area contributed by atoms with Gasteiger partial charge in [-0.1, -0.05) is 12.1 Å². The van der Waals surface area contributed by atoms with Crippen LogP contribution in [0, 0.1) is 12.7 Å². The van der Waals surface area contributed by atoms with Gasteiger partial charge in [-0.25, -0.2) is 9.37 Å². The van der Waals surface area contributed by atoms with Crippen LogP contribution >= 0.6 is 0 Å². The lowest BCUT2D eigenvalue weighted by molar-refractivity contribution is 0.103. The molecule has 2 aromatic carbocycles. The van der Waals surface area contributed by atoms with E-state index in [0.29, 0.717) is 29.2 Å². The molecule has 0 amide bonds. The molecule has 0 aliphatic heterocycles. The molecule has 0 bridgehead atoms. The number of aryl methyl sites for hydroxylation is 1. The number of phenols is 1. The standard InChI is InChI=1S/C23H26FN5O2/c1-14-8-9-15(18(24)12-14)21(30)17-7-4-6-16(22(17)31)19-13-20(28-23(25)27-19)26-10-5-11-29(2)3/h4,6-9,12-13,31H,5,10-11H2,1-3H3,(H3,25,26,27,28). The van der Waals surface area contributed by atoms with Crippen molar-refractivity contribution in [3.05, 3.63) is 65.0 Å². The Kier molecular flexibility index (Phi) is 6.81. The zero-order valence-corrected chi connectivity index (χ0v) is 17.8. The topological polar surface area (TPSA) is 104 Å². The number of carbonyl (C=O) groups excluding carboxylic acids is 1. The number of hydrogen-bond donors (Lipinski definition) is 3. The summed E-state index contributed by atoms with van der Waals surface area (Å²) in [7, 11) is 4.00. The maximum Gasteiger partial charge on any atom is 0.222 e. The number of halogens is 1. The molecule has 0 saturated heterocycles. The van der Waals surface area contributed by atoms with Crippen LogP contribution in [0.3, 0.4) is 0 Å². The second-order valence-corrected chi connectivity index (χ2v) is 7.59. The number of benzene rings is 2. The van der Waals surface area contributed by atoms with Crippen molar-refractivity contribution in [3.8, 4) is 17.0 Å². The number of nitrogen functional groups attached to an aromatic ring is 1. The van der Waals surface area contributed by atoms with Crippen molar-refractivity contribution < 1.29 is 14.3 Å². The number of nitrogens with two attached hydrogens (primary N) is 1. The van der Waals surface area contributed by atoms with Crippen molar-refractivity contribution in [2.75, 3.05) is 38.2 Å². The van der Waals surface area contributed by atoms with Gasteiger partial charge in [0.1, 0.15) is 17.4 Å². The number of ketones is 1. The first-order valence-electron chi connectivity index (χ1n) is 9.92. The Hall–Kier alpha value is -3.52. The van der Waals surface area contributed by atoms with Crippen molar-refractivity contribution in [2.24, 2.45) is 0 Å². The predicted octanol–water partition coefficient (Wildman–Crippen LogP) is 3.47. The van der Waals surface area contributed by atoms with Gasteiger partial charge in [-0.05, 0) is 63.8 Å². The fourth-order valence-corrected chi connectivity index (χ4v) is 3.19. The Morgan fingerprint density at radius 2 is 1.94 bits per heavy atom. The van der Waals surface area contributed by atoms with Gasteiger partial charge in [0.25, 0.3) is 0 Å². The number of aromatic nitrogens is 2. The molecule has 1 heterocycles. The Bertz CT molecular complexity index is 1100. The summed E-state index contributed by atoms with van der Waals surface area (Å²) < 4.78 is 14.3. The van der Waals surface area contributed by atoms with Gasteiger partial charge in [-0.3, -0.25) is 4.79 Å². The third kappa shape index (κ3) is 5.35. The van der Waals surface area contributed by atoms with E-state index in [1.54, 1.807) is 31.2 Å². The summed E-state index contributed by atoms with van der Waals surface area (Å²) in [4.78, 5) is 23.3. The van der Waals surface area contributed by atoms with Crippen LogP contribution in [0.4, 0.5) is 16.2 Å². The molecule has 0 unspecified atom stereocenters. The molecule has 0 radical (unpaired) electrons. The van der Waals surface area contributed by atoms with E-state index in [4.69, 9.17) is 5.73 Å². The molecule has 3 rings (SSSR count). The summed E-state index contributed by atoms with van der Waals surface area (Å²) in [5.74, 6) is -0.981. The third-order valence-electron chi connectivity index (χ3n) is 4.76. The van der Waals surface area contributed by atoms with Crippen LogP contribution in [0.1, 0.15) is 27.9 Å². The van der Waals surface area contributed by atoms with Gasteiger partial charge in [-0.15, -0.1) is 0 Å². The monoisotopic (exact) mass is 423 g/mol. The first-order valence-corrected chi connectivity index (χ1v) is 9.92. The van der Waals surface area contributed by atoms with Crippen LogP contribution in [-0.4, -0.2) is 52.9 Å². The first kappa shape index (κ1) is 22.2. The van der Waals surface area contributed by atoms with Crippen LogP contribution in [0.5, 0.6) is 5.75 Å². The van der Waals surface area contributed by atoms with Crippen LogP contribution < -0.4 is 11.1 Å². The molecule has 0 aliphatic carbocycles. The summed E-state index contributed by atoms with van der Waals surface area (Å²) in [5.41, 5.74) is 7.10. The molecule has 3 aromatic rings. The van der Waals surface area contributed by atoms with E-state index in [9.17, 15) is 14.3 Å². The number of anilines is 2. The van der Waals surface area contributed by atoms with E-state index < -0.39 is 11.6 Å². The van der Waals surface area contributed by atoms with Gasteiger partial charge < -0.3 is 21.1 Å². The number of nitrogens with zero attached hydrogens (tertiary/aromatic N) is 3. The van der Waals surface area contributed by atoms with Gasteiger partial charge in [0, 0.05) is 18.2 Å². The predicted molar refractivity (Wildman–Crippen MR) is 120 cm³/mol. The molecule has 0 atom stereocenters. The van der Waals surface area contributed by atoms with Crippen LogP contribution in [0.25, 0.3) is 11.3 Å². The molecule has 31 heavy (non-hydrogen) atoms. The van der Waals surface area contributed by atoms with Crippen LogP contribution in [0.15, 0.2) is 42.5 Å². The maximum atomic E-state index is 14.3. The Balaban J connectivity index is 1.91. The molecule has 0 saturated carbocycles. The highest BCUT2D eigenvalue weighted by atomic mass is 19.1. The lowest BCUT2D eigenvalue weighted by Gasteiger charge is -2.13. The maximum absolute atomic E-state index is 14.3. The third-order valence-corrected chi connectivity index (χ3v) is 4.76. The zero-order chi connectivity index (χ0) is 22.5. The molecule has 0 fully saturated rings. The minimum atomic E-state index is -0.634. The lowest BCUT2D eigenvalue weighted by Crippen LogP contribution is -2.17. The van der Waals surface area contributed by atoms with Gasteiger partial charge in [0.15, 0.2) is 5.78 Å². The molecule has 8 heteroatoms. The van der Waals surface area contributed by atoms with Crippen molar-refractivity contribution in [2.45, 2.75) is 13.3 Å². The average molecular weight is 423 g/mol. The normalized spacial score (nSPS) is 11.0. The number of nitrogens with one attached hydrogen (secondary N) is 1. The molecule has 0 spiro atoms. The highest BCUT2D eigenvalue weighted by Gasteiger charge is 2.20. The Morgan fingerprint density at radius 3 is 2.65 bits per heavy atom. The van der Waals surface area contributed by atoms with Crippen LogP contribution in [0.2, 0.25) is 0 Å². The van der Waals surface area contributed by atoms with Crippen molar-refractivity contribution in [1.82, 2.24) is 14.9 Å². The first-order chi connectivity index (χ1) is 14.8. The fraction of sp³-hybridized carbons (Fsp3) is 0.261. The highest BCUT2D eigenvalue weighted by Crippen LogP contribution is 2.33. The molecule has 7 nitrogen and oxygen atoms in total. The SMILES string of the molecule is Cc1ccc(C(=O)c2cccc(-c3cc(NCCCN(C)C)nc(N)n3)c2O)c(F)c1. The number of carbonyl (C=O) groups is 1. The molecular formula is C23H26FN5O2. The van der Waals surface area contributed by atoms with Gasteiger partial charge >= 0.3 is 0 Å². The average Bonchev–Trinajstić information content (AvgIpc) is 2.70. The highest BCUT2D eigenvalue weighted by molar-refractivity contribution is 6.11. The second kappa shape index (κ2) is 9.53. The number of aromatic hydroxyl groups is 1. The lowest BCUT2D eigenvalue weighted by atomic mass is 9.97. The van der Waals surface area contributed by atoms with E-state index in [1.807, 2.05) is 14.1 Å². The number of para-hydroxylation sites is 1. The molecule has 0 aliphatic rings. The minimum absolute atomic E-state index is 0.0158. The van der Waals surface area contributed by atoms with Crippen molar-refractivity contribution in [1.29, 1.82) is 0 Å². The van der Waals surface area contributed by atoms with E-state index in [2.05, 4.69) is 20.2 Å². The Morgan fingerprint density at radius 1 is 1.16 bits per heavy atom. The summed E-state index contributed by atoms with van der Waals surface area (Å²) in [6.07, 6.45) is 0.906. The van der Waals surface area contributed by atoms with Crippen LogP contribution in [-0.2, 0) is 0 Å². The van der Waals surface area contributed by atoms with E-state index in [0.717, 1.165) is 13.0 Å². The minimum Gasteiger partial charge on any atom is -0.506 e. The molecule has 4 N–H and O–H groups in total. The summed E-state index contributed by atoms with van der Waals surface area (Å²) in [6.45, 7) is 3.34. The fourth-order valence-electron chi connectivity index (χ4n) is 3.19. The summed E-state index contributed by atoms with van der Waals surface area (Å²) >= 11 is 0. The van der Waals surface area contributed by atoms with Crippen molar-refractivity contribution >= 4 is 17.5 Å². The van der Waals surface area contributed by atoms with Gasteiger partial charge in [0.2, 0.25) is 5.95 Å². The second-order valence-electron chi connectivity index (χ2n) is 7.59. The number of hydrogen-bond acceptors (Lipinski definition) is 7. The molecular weight excluding hydrogens is 397 g/mol. The van der Waals surface area contributed by atoms with E-state index >= 15 is 0 Å². The largest absolute Gasteiger partial charge is 0.506 e. The zero-order valence-electron chi connectivity index (χ0n) is 17.8. The van der Waals surface area contributed by atoms with Gasteiger partial charge in [-0.2, -0.15) is 4.98 Å². The van der Waals surface area contributed by atoms with Gasteiger partial charge in [0.05, 0.1) is 16.8 Å². The van der Waals surface area contributed by atoms with E-state index in [-0.39, 0.29) is 22.8 Å². The number of phenolic OH excluding ortho intramolecular Hbond substituents is 1. The van der Waals surface area contributed by atoms with Crippen molar-refractivity contribution in [3.63, 3.8) is 0 Å². The Labute approximate surface area is 180 Å². The number of rotatable bonds is 8. The smallest absolute Gasteiger partial charge is 0.222 e. The summed E-state index contributed by atoms with van der Waals surface area (Å²) in [5, 5.41) is 14.0. The molecule has 1 aromatic heterocycles. The quantitative estimate of drug-likeness (QED) is 0.376. The van der Waals surface area contributed by atoms with E-state index in [1.165, 1.54) is 18.2 Å². The summed E-state index contributed by atoms with van der Waals surface area (Å²) in [6, 6.07) is 10.7. The molecule has 162 valence electrons.